The Morgan fingerprint density at radius 1 is 1.15 bits per heavy atom. The first kappa shape index (κ1) is 12.7. The third-order valence-electron chi connectivity index (χ3n) is 3.44. The van der Waals surface area contributed by atoms with Crippen LogP contribution in [0.5, 0.6) is 0 Å². The fourth-order valence-corrected chi connectivity index (χ4v) is 2.45. The molecule has 0 radical (unpaired) electrons. The van der Waals surface area contributed by atoms with Crippen molar-refractivity contribution in [3.05, 3.63) is 60.2 Å². The Bertz CT molecular complexity index is 573. The van der Waals surface area contributed by atoms with Crippen molar-refractivity contribution < 1.29 is 4.79 Å². The molecule has 2 heterocycles. The smallest absolute Gasteiger partial charge is 0.289 e. The molecule has 0 aliphatic carbocycles. The number of carbonyl (C=O) groups is 1. The number of amides is 1. The summed E-state index contributed by atoms with van der Waals surface area (Å²) in [7, 11) is 0. The number of aromatic nitrogens is 2. The molecule has 0 saturated carbocycles. The molecular weight excluding hydrogens is 252 g/mol. The van der Waals surface area contributed by atoms with E-state index in [9.17, 15) is 4.79 Å². The number of hydrogen-bond acceptors (Lipinski definition) is 4. The van der Waals surface area contributed by atoms with E-state index in [0.717, 1.165) is 13.0 Å². The summed E-state index contributed by atoms with van der Waals surface area (Å²) in [6, 6.07) is 12.4. The summed E-state index contributed by atoms with van der Waals surface area (Å²) < 4.78 is 0. The Morgan fingerprint density at radius 2 is 1.90 bits per heavy atom. The second-order valence-corrected chi connectivity index (χ2v) is 4.85. The first-order chi connectivity index (χ1) is 9.83. The Kier molecular flexibility index (Phi) is 3.69. The number of carbonyl (C=O) groups excluding carboxylic acids is 1. The zero-order chi connectivity index (χ0) is 13.8. The molecular formula is C15H16N4O. The van der Waals surface area contributed by atoms with E-state index in [1.54, 1.807) is 18.5 Å². The average Bonchev–Trinajstić information content (AvgIpc) is 2.97. The van der Waals surface area contributed by atoms with Gasteiger partial charge in [0.1, 0.15) is 0 Å². The van der Waals surface area contributed by atoms with Crippen LogP contribution in [-0.2, 0) is 0 Å². The second kappa shape index (κ2) is 5.79. The third-order valence-corrected chi connectivity index (χ3v) is 3.44. The molecule has 5 nitrogen and oxygen atoms in total. The van der Waals surface area contributed by atoms with Crippen LogP contribution in [0, 0.1) is 0 Å². The highest BCUT2D eigenvalue weighted by atomic mass is 16.2. The first-order valence-corrected chi connectivity index (χ1v) is 6.69. The monoisotopic (exact) mass is 268 g/mol. The Morgan fingerprint density at radius 3 is 2.65 bits per heavy atom. The molecule has 0 spiro atoms. The number of nitrogens with zero attached hydrogens (tertiary/aromatic N) is 2. The van der Waals surface area contributed by atoms with Gasteiger partial charge in [-0.05, 0) is 18.1 Å². The molecule has 102 valence electrons. The molecule has 3 rings (SSSR count). The summed E-state index contributed by atoms with van der Waals surface area (Å²) >= 11 is 0. The summed E-state index contributed by atoms with van der Waals surface area (Å²) in [6.45, 7) is 0.762. The zero-order valence-electron chi connectivity index (χ0n) is 11.0. The summed E-state index contributed by atoms with van der Waals surface area (Å²) in [5.41, 5.74) is 1.25. The third kappa shape index (κ3) is 2.83. The van der Waals surface area contributed by atoms with Gasteiger partial charge < -0.3 is 10.6 Å². The molecule has 20 heavy (non-hydrogen) atoms. The van der Waals surface area contributed by atoms with Crippen LogP contribution in [0.3, 0.4) is 0 Å². The molecule has 1 saturated heterocycles. The van der Waals surface area contributed by atoms with Gasteiger partial charge in [0.2, 0.25) is 5.82 Å². The molecule has 1 fully saturated rings. The maximum Gasteiger partial charge on any atom is 0.289 e. The lowest BCUT2D eigenvalue weighted by Gasteiger charge is -2.12. The average molecular weight is 268 g/mol. The van der Waals surface area contributed by atoms with Gasteiger partial charge in [0.15, 0.2) is 0 Å². The van der Waals surface area contributed by atoms with Gasteiger partial charge in [-0.15, -0.1) is 0 Å². The molecule has 2 atom stereocenters. The van der Waals surface area contributed by atoms with E-state index in [0.29, 0.717) is 0 Å². The van der Waals surface area contributed by atoms with E-state index >= 15 is 0 Å². The molecule has 2 N–H and O–H groups in total. The van der Waals surface area contributed by atoms with E-state index in [4.69, 9.17) is 0 Å². The Labute approximate surface area is 117 Å². The van der Waals surface area contributed by atoms with Crippen molar-refractivity contribution in [2.75, 3.05) is 6.54 Å². The van der Waals surface area contributed by atoms with E-state index in [2.05, 4.69) is 32.7 Å². The van der Waals surface area contributed by atoms with Gasteiger partial charge in [-0.3, -0.25) is 4.79 Å². The highest BCUT2D eigenvalue weighted by Gasteiger charge is 2.26. The van der Waals surface area contributed by atoms with E-state index in [-0.39, 0.29) is 23.8 Å². The maximum atomic E-state index is 12.0. The van der Waals surface area contributed by atoms with Crippen LogP contribution in [0.15, 0.2) is 48.8 Å². The van der Waals surface area contributed by atoms with Crippen molar-refractivity contribution in [3.8, 4) is 0 Å². The summed E-state index contributed by atoms with van der Waals surface area (Å²) in [4.78, 5) is 19.9. The highest BCUT2D eigenvalue weighted by molar-refractivity contribution is 5.90. The predicted molar refractivity (Wildman–Crippen MR) is 75.1 cm³/mol. The predicted octanol–water partition coefficient (Wildman–Crippen LogP) is 1.31. The fourth-order valence-electron chi connectivity index (χ4n) is 2.45. The second-order valence-electron chi connectivity index (χ2n) is 4.85. The van der Waals surface area contributed by atoms with Gasteiger partial charge in [0.05, 0.1) is 0 Å². The van der Waals surface area contributed by atoms with Crippen LogP contribution >= 0.6 is 0 Å². The molecule has 5 heteroatoms. The summed E-state index contributed by atoms with van der Waals surface area (Å²) in [5.74, 6) is 0.00164. The van der Waals surface area contributed by atoms with Gasteiger partial charge in [0, 0.05) is 31.0 Å². The van der Waals surface area contributed by atoms with Gasteiger partial charge >= 0.3 is 0 Å². The van der Waals surface area contributed by atoms with E-state index < -0.39 is 0 Å². The first-order valence-electron chi connectivity index (χ1n) is 6.69. The molecule has 0 bridgehead atoms. The molecule has 0 unspecified atom stereocenters. The molecule has 1 amide bonds. The molecule has 1 aromatic carbocycles. The molecule has 1 aliphatic rings. The van der Waals surface area contributed by atoms with Crippen molar-refractivity contribution in [2.24, 2.45) is 0 Å². The van der Waals surface area contributed by atoms with Crippen LogP contribution < -0.4 is 10.6 Å². The SMILES string of the molecule is O=C(N[C@H]1CN[C@@H](c2ccccc2)C1)c1ncccn1. The van der Waals surface area contributed by atoms with Crippen molar-refractivity contribution in [2.45, 2.75) is 18.5 Å². The van der Waals surface area contributed by atoms with Crippen molar-refractivity contribution in [1.29, 1.82) is 0 Å². The van der Waals surface area contributed by atoms with Crippen molar-refractivity contribution >= 4 is 5.91 Å². The lowest BCUT2D eigenvalue weighted by Crippen LogP contribution is -2.37. The fraction of sp³-hybridized carbons (Fsp3) is 0.267. The minimum Gasteiger partial charge on any atom is -0.345 e. The van der Waals surface area contributed by atoms with Gasteiger partial charge in [-0.25, -0.2) is 9.97 Å². The van der Waals surface area contributed by atoms with E-state index in [1.165, 1.54) is 5.56 Å². The normalized spacial score (nSPS) is 21.6. The van der Waals surface area contributed by atoms with Crippen LogP contribution in [-0.4, -0.2) is 28.5 Å². The van der Waals surface area contributed by atoms with Crippen molar-refractivity contribution in [1.82, 2.24) is 20.6 Å². The topological polar surface area (TPSA) is 66.9 Å². The standard InChI is InChI=1S/C15H16N4O/c20-15(14-16-7-4-8-17-14)19-12-9-13(18-10-12)11-5-2-1-3-6-11/h1-8,12-13,18H,9-10H2,(H,19,20)/t12-,13-/m1/s1. The van der Waals surface area contributed by atoms with Crippen molar-refractivity contribution in [3.63, 3.8) is 0 Å². The summed E-state index contributed by atoms with van der Waals surface area (Å²) in [6.07, 6.45) is 4.02. The molecule has 1 aromatic heterocycles. The van der Waals surface area contributed by atoms with Gasteiger partial charge in [0.25, 0.3) is 5.91 Å². The number of hydrogen-bond donors (Lipinski definition) is 2. The minimum absolute atomic E-state index is 0.108. The molecule has 1 aliphatic heterocycles. The minimum atomic E-state index is -0.217. The lowest BCUT2D eigenvalue weighted by atomic mass is 10.0. The number of benzene rings is 1. The Balaban J connectivity index is 1.60. The zero-order valence-corrected chi connectivity index (χ0v) is 11.0. The quantitative estimate of drug-likeness (QED) is 0.881. The van der Waals surface area contributed by atoms with Gasteiger partial charge in [-0.1, -0.05) is 30.3 Å². The van der Waals surface area contributed by atoms with Gasteiger partial charge in [-0.2, -0.15) is 0 Å². The Hall–Kier alpha value is -2.27. The lowest BCUT2D eigenvalue weighted by molar-refractivity contribution is 0.0929. The number of nitrogens with one attached hydrogen (secondary N) is 2. The summed E-state index contributed by atoms with van der Waals surface area (Å²) in [5, 5.41) is 6.39. The van der Waals surface area contributed by atoms with Crippen LogP contribution in [0.4, 0.5) is 0 Å². The molecule has 2 aromatic rings. The van der Waals surface area contributed by atoms with Crippen LogP contribution in [0.1, 0.15) is 28.6 Å². The van der Waals surface area contributed by atoms with Crippen LogP contribution in [0.2, 0.25) is 0 Å². The van der Waals surface area contributed by atoms with E-state index in [1.807, 2.05) is 18.2 Å². The number of rotatable bonds is 3. The maximum absolute atomic E-state index is 12.0. The largest absolute Gasteiger partial charge is 0.345 e. The highest BCUT2D eigenvalue weighted by Crippen LogP contribution is 2.22. The van der Waals surface area contributed by atoms with Crippen LogP contribution in [0.25, 0.3) is 0 Å².